The molecule has 1 fully saturated rings. The van der Waals surface area contributed by atoms with Crippen molar-refractivity contribution in [2.24, 2.45) is 4.99 Å². The van der Waals surface area contributed by atoms with E-state index in [4.69, 9.17) is 4.74 Å². The predicted octanol–water partition coefficient (Wildman–Crippen LogP) is 5.49. The fraction of sp³-hybridized carbons (Fsp3) is 0.350. The number of ether oxygens (including phenoxy) is 1. The van der Waals surface area contributed by atoms with Crippen molar-refractivity contribution in [2.45, 2.75) is 33.1 Å². The third-order valence-corrected chi connectivity index (χ3v) is 5.29. The molecule has 4 nitrogen and oxygen atoms in total. The number of nitrogens with zero attached hydrogens (tertiary/aromatic N) is 2. The van der Waals surface area contributed by atoms with E-state index in [0.717, 1.165) is 29.9 Å². The first-order valence-electron chi connectivity index (χ1n) is 8.81. The van der Waals surface area contributed by atoms with Gasteiger partial charge in [-0.3, -0.25) is 0 Å². The summed E-state index contributed by atoms with van der Waals surface area (Å²) in [4.78, 5) is 4.54. The third-order valence-electron chi connectivity index (χ3n) is 4.41. The van der Waals surface area contributed by atoms with E-state index in [2.05, 4.69) is 15.4 Å². The summed E-state index contributed by atoms with van der Waals surface area (Å²) in [6, 6.07) is 8.82. The lowest BCUT2D eigenvalue weighted by atomic mass is 10.1. The van der Waals surface area contributed by atoms with Crippen LogP contribution in [-0.2, 0) is 0 Å². The lowest BCUT2D eigenvalue weighted by Gasteiger charge is -2.25. The number of benzene rings is 2. The summed E-state index contributed by atoms with van der Waals surface area (Å²) in [6.07, 6.45) is 5.51. The van der Waals surface area contributed by atoms with Gasteiger partial charge in [0.15, 0.2) is 0 Å². The number of hydrogen-bond donors (Lipinski definition) is 1. The Labute approximate surface area is 167 Å². The average Bonchev–Trinajstić information content (AvgIpc) is 2.63. The summed E-state index contributed by atoms with van der Waals surface area (Å²) in [6.45, 7) is 6.08. The molecule has 1 saturated heterocycles. The van der Waals surface area contributed by atoms with Gasteiger partial charge in [0.05, 0.1) is 5.69 Å². The Morgan fingerprint density at radius 3 is 2.62 bits per heavy atom. The zero-order chi connectivity index (χ0) is 18.5. The molecule has 0 amide bonds. The maximum atomic E-state index is 13.7. The molecule has 0 aromatic heterocycles. The summed E-state index contributed by atoms with van der Waals surface area (Å²) in [5.41, 5.74) is 6.11. The van der Waals surface area contributed by atoms with Crippen LogP contribution >= 0.6 is 22.6 Å². The Morgan fingerprint density at radius 1 is 1.12 bits per heavy atom. The molecule has 0 saturated carbocycles. The molecule has 1 aliphatic heterocycles. The number of piperidine rings is 1. The van der Waals surface area contributed by atoms with E-state index < -0.39 is 0 Å². The van der Waals surface area contributed by atoms with Gasteiger partial charge in [-0.05, 0) is 84.7 Å². The topological polar surface area (TPSA) is 36.9 Å². The highest BCUT2D eigenvalue weighted by molar-refractivity contribution is 14.1. The van der Waals surface area contributed by atoms with Crippen molar-refractivity contribution in [1.82, 2.24) is 10.4 Å². The van der Waals surface area contributed by atoms with Gasteiger partial charge >= 0.3 is 0 Å². The van der Waals surface area contributed by atoms with Crippen molar-refractivity contribution in [1.29, 1.82) is 0 Å². The van der Waals surface area contributed by atoms with E-state index in [1.807, 2.05) is 48.6 Å². The molecule has 0 bridgehead atoms. The van der Waals surface area contributed by atoms with Gasteiger partial charge in [0, 0.05) is 22.7 Å². The summed E-state index contributed by atoms with van der Waals surface area (Å²) in [5.74, 6) is 0.932. The van der Waals surface area contributed by atoms with Crippen LogP contribution in [0.3, 0.4) is 0 Å². The van der Waals surface area contributed by atoms with Gasteiger partial charge in [-0.1, -0.05) is 6.42 Å². The van der Waals surface area contributed by atoms with Crippen molar-refractivity contribution < 1.29 is 9.13 Å². The quantitative estimate of drug-likeness (QED) is 0.359. The standard InChI is InChI=1S/C20H23FIN3O/c1-14-11-20(26-16-6-7-18(22)17(21)12-16)15(2)10-19(14)23-13-24-25-8-4-3-5-9-25/h6-7,10-13H,3-5,8-9H2,1-2H3,(H,23,24). The molecule has 1 heterocycles. The van der Waals surface area contributed by atoms with Crippen LogP contribution in [-0.4, -0.2) is 24.4 Å². The number of hydrogen-bond acceptors (Lipinski definition) is 3. The molecule has 1 N–H and O–H groups in total. The molecule has 138 valence electrons. The maximum Gasteiger partial charge on any atom is 0.140 e. The summed E-state index contributed by atoms with van der Waals surface area (Å²) in [7, 11) is 0. The number of aliphatic imine (C=N–C) groups is 1. The molecule has 0 radical (unpaired) electrons. The van der Waals surface area contributed by atoms with E-state index >= 15 is 0 Å². The molecular formula is C20H23FIN3O. The fourth-order valence-electron chi connectivity index (χ4n) is 2.89. The predicted molar refractivity (Wildman–Crippen MR) is 112 cm³/mol. The smallest absolute Gasteiger partial charge is 0.140 e. The van der Waals surface area contributed by atoms with Crippen molar-refractivity contribution in [3.63, 3.8) is 0 Å². The second kappa shape index (κ2) is 8.81. The molecule has 0 aliphatic carbocycles. The molecule has 0 atom stereocenters. The van der Waals surface area contributed by atoms with Crippen LogP contribution in [0.25, 0.3) is 0 Å². The van der Waals surface area contributed by atoms with Crippen LogP contribution in [0.2, 0.25) is 0 Å². The van der Waals surface area contributed by atoms with Crippen LogP contribution in [0.5, 0.6) is 11.5 Å². The van der Waals surface area contributed by atoms with Gasteiger partial charge in [-0.15, -0.1) is 0 Å². The van der Waals surface area contributed by atoms with E-state index in [-0.39, 0.29) is 5.82 Å². The molecule has 6 heteroatoms. The van der Waals surface area contributed by atoms with Gasteiger partial charge in [0.1, 0.15) is 23.7 Å². The molecule has 2 aromatic carbocycles. The van der Waals surface area contributed by atoms with Crippen LogP contribution in [0, 0.1) is 23.2 Å². The Kier molecular flexibility index (Phi) is 6.48. The first-order valence-corrected chi connectivity index (χ1v) is 9.88. The summed E-state index contributed by atoms with van der Waals surface area (Å²) < 4.78 is 20.1. The molecule has 26 heavy (non-hydrogen) atoms. The number of nitrogens with one attached hydrogen (secondary N) is 1. The van der Waals surface area contributed by atoms with Crippen molar-refractivity contribution >= 4 is 34.6 Å². The first-order chi connectivity index (χ1) is 12.5. The van der Waals surface area contributed by atoms with Gasteiger partial charge < -0.3 is 10.2 Å². The number of rotatable bonds is 5. The highest BCUT2D eigenvalue weighted by Gasteiger charge is 2.09. The zero-order valence-corrected chi connectivity index (χ0v) is 17.2. The first kappa shape index (κ1) is 19.1. The summed E-state index contributed by atoms with van der Waals surface area (Å²) >= 11 is 1.96. The minimum absolute atomic E-state index is 0.275. The molecule has 1 aliphatic rings. The Bertz CT molecular complexity index is 804. The normalized spacial score (nSPS) is 15.4. The van der Waals surface area contributed by atoms with Gasteiger partial charge in [0.25, 0.3) is 0 Å². The molecular weight excluding hydrogens is 444 g/mol. The molecule has 0 spiro atoms. The second-order valence-corrected chi connectivity index (χ2v) is 7.68. The maximum absolute atomic E-state index is 13.7. The van der Waals surface area contributed by atoms with Crippen LogP contribution in [0.1, 0.15) is 30.4 Å². The Hall–Kier alpha value is -1.67. The van der Waals surface area contributed by atoms with Gasteiger partial charge in [-0.2, -0.15) is 0 Å². The van der Waals surface area contributed by atoms with Crippen molar-refractivity contribution in [3.05, 3.63) is 50.8 Å². The monoisotopic (exact) mass is 467 g/mol. The molecule has 0 unspecified atom stereocenters. The molecule has 3 rings (SSSR count). The third kappa shape index (κ3) is 4.94. The SMILES string of the molecule is Cc1cc(Oc2ccc(I)c(F)c2)c(C)cc1/N=C/NN1CCCCC1. The largest absolute Gasteiger partial charge is 0.457 e. The second-order valence-electron chi connectivity index (χ2n) is 6.52. The van der Waals surface area contributed by atoms with Crippen LogP contribution < -0.4 is 10.2 Å². The number of aryl methyl sites for hydroxylation is 2. The van der Waals surface area contributed by atoms with Crippen molar-refractivity contribution in [3.8, 4) is 11.5 Å². The van der Waals surface area contributed by atoms with E-state index in [1.165, 1.54) is 25.3 Å². The molecule has 2 aromatic rings. The minimum atomic E-state index is -0.275. The lowest BCUT2D eigenvalue weighted by molar-refractivity contribution is 0.197. The Balaban J connectivity index is 1.69. The number of halogens is 2. The Morgan fingerprint density at radius 2 is 1.88 bits per heavy atom. The fourth-order valence-corrected chi connectivity index (χ4v) is 3.23. The highest BCUT2D eigenvalue weighted by Crippen LogP contribution is 2.32. The average molecular weight is 467 g/mol. The van der Waals surface area contributed by atoms with Crippen LogP contribution in [0.15, 0.2) is 35.3 Å². The summed E-state index contributed by atoms with van der Waals surface area (Å²) in [5, 5.41) is 2.19. The highest BCUT2D eigenvalue weighted by atomic mass is 127. The van der Waals surface area contributed by atoms with E-state index in [0.29, 0.717) is 15.1 Å². The minimum Gasteiger partial charge on any atom is -0.457 e. The van der Waals surface area contributed by atoms with Gasteiger partial charge in [0.2, 0.25) is 0 Å². The van der Waals surface area contributed by atoms with Crippen LogP contribution in [0.4, 0.5) is 10.1 Å². The number of hydrazine groups is 1. The van der Waals surface area contributed by atoms with E-state index in [9.17, 15) is 4.39 Å². The van der Waals surface area contributed by atoms with E-state index in [1.54, 1.807) is 18.5 Å². The van der Waals surface area contributed by atoms with Gasteiger partial charge in [-0.25, -0.2) is 14.4 Å². The van der Waals surface area contributed by atoms with Crippen molar-refractivity contribution in [2.75, 3.05) is 13.1 Å². The zero-order valence-electron chi connectivity index (χ0n) is 15.1. The lowest BCUT2D eigenvalue weighted by Crippen LogP contribution is -2.40.